The molecule has 10 heteroatoms. The van der Waals surface area contributed by atoms with Gasteiger partial charge in [-0.1, -0.05) is 54.9 Å². The van der Waals surface area contributed by atoms with Crippen molar-refractivity contribution in [1.82, 2.24) is 24.2 Å². The van der Waals surface area contributed by atoms with Crippen LogP contribution in [-0.2, 0) is 10.0 Å². The van der Waals surface area contributed by atoms with E-state index in [1.165, 1.54) is 15.2 Å². The molecular formula is C22H24ClN5O3S. The molecule has 0 saturated carbocycles. The summed E-state index contributed by atoms with van der Waals surface area (Å²) in [4.78, 5) is 14.7. The molecule has 0 aliphatic carbocycles. The highest BCUT2D eigenvalue weighted by atomic mass is 35.5. The molecule has 168 valence electrons. The third-order valence-corrected chi connectivity index (χ3v) is 7.75. The number of amides is 1. The largest absolute Gasteiger partial charge is 0.335 e. The van der Waals surface area contributed by atoms with Crippen LogP contribution < -0.4 is 0 Å². The van der Waals surface area contributed by atoms with Crippen molar-refractivity contribution in [3.05, 3.63) is 71.0 Å². The minimum absolute atomic E-state index is 0.186. The highest BCUT2D eigenvalue weighted by molar-refractivity contribution is 7.89. The summed E-state index contributed by atoms with van der Waals surface area (Å²) in [5.74, 6) is 0.0406. The Morgan fingerprint density at radius 1 is 1.00 bits per heavy atom. The second kappa shape index (κ2) is 9.01. The van der Waals surface area contributed by atoms with E-state index < -0.39 is 10.0 Å². The second-order valence-electron chi connectivity index (χ2n) is 7.92. The first kappa shape index (κ1) is 22.4. The van der Waals surface area contributed by atoms with Crippen molar-refractivity contribution >= 4 is 27.5 Å². The van der Waals surface area contributed by atoms with Gasteiger partial charge in [0.2, 0.25) is 10.0 Å². The van der Waals surface area contributed by atoms with Crippen molar-refractivity contribution in [3.63, 3.8) is 0 Å². The molecule has 1 saturated heterocycles. The fourth-order valence-corrected chi connectivity index (χ4v) is 5.23. The number of benzene rings is 2. The van der Waals surface area contributed by atoms with Gasteiger partial charge in [-0.3, -0.25) is 4.79 Å². The van der Waals surface area contributed by atoms with Gasteiger partial charge in [0, 0.05) is 26.2 Å². The number of halogens is 1. The summed E-state index contributed by atoms with van der Waals surface area (Å²) in [5.41, 5.74) is 1.90. The summed E-state index contributed by atoms with van der Waals surface area (Å²) in [6, 6.07) is 14.1. The number of hydrogen-bond acceptors (Lipinski definition) is 5. The Kier molecular flexibility index (Phi) is 6.32. The van der Waals surface area contributed by atoms with E-state index >= 15 is 0 Å². The van der Waals surface area contributed by atoms with Gasteiger partial charge in [-0.2, -0.15) is 4.31 Å². The van der Waals surface area contributed by atoms with Crippen molar-refractivity contribution in [2.45, 2.75) is 24.7 Å². The molecule has 1 amide bonds. The first-order valence-electron chi connectivity index (χ1n) is 10.3. The summed E-state index contributed by atoms with van der Waals surface area (Å²) in [6.07, 6.45) is 1.53. The van der Waals surface area contributed by atoms with E-state index in [1.54, 1.807) is 35.2 Å². The first-order valence-corrected chi connectivity index (χ1v) is 12.2. The Bertz CT molecular complexity index is 1220. The van der Waals surface area contributed by atoms with E-state index in [9.17, 15) is 13.2 Å². The van der Waals surface area contributed by atoms with Crippen molar-refractivity contribution in [2.24, 2.45) is 0 Å². The van der Waals surface area contributed by atoms with E-state index in [1.807, 2.05) is 18.2 Å². The van der Waals surface area contributed by atoms with Crippen LogP contribution in [0.1, 0.15) is 35.8 Å². The van der Waals surface area contributed by atoms with Gasteiger partial charge >= 0.3 is 0 Å². The predicted octanol–water partition coefficient (Wildman–Crippen LogP) is 3.19. The van der Waals surface area contributed by atoms with Crippen molar-refractivity contribution < 1.29 is 13.2 Å². The molecule has 0 atom stereocenters. The number of piperazine rings is 1. The monoisotopic (exact) mass is 473 g/mol. The van der Waals surface area contributed by atoms with Crippen LogP contribution in [0.5, 0.6) is 0 Å². The molecule has 4 rings (SSSR count). The Morgan fingerprint density at radius 3 is 2.28 bits per heavy atom. The van der Waals surface area contributed by atoms with Crippen LogP contribution in [0.2, 0.25) is 5.02 Å². The molecule has 0 radical (unpaired) electrons. The molecule has 1 aliphatic heterocycles. The van der Waals surface area contributed by atoms with E-state index in [0.717, 1.165) is 5.56 Å². The summed E-state index contributed by atoms with van der Waals surface area (Å²) in [7, 11) is -3.61. The average Bonchev–Trinajstić information content (AvgIpc) is 3.29. The summed E-state index contributed by atoms with van der Waals surface area (Å²) in [5, 5.41) is 8.48. The molecule has 1 aliphatic rings. The molecule has 0 bridgehead atoms. The molecule has 0 N–H and O–H groups in total. The zero-order chi connectivity index (χ0) is 22.9. The molecule has 8 nitrogen and oxygen atoms in total. The maximum absolute atomic E-state index is 13.0. The van der Waals surface area contributed by atoms with Crippen molar-refractivity contribution in [1.29, 1.82) is 0 Å². The zero-order valence-corrected chi connectivity index (χ0v) is 19.4. The Morgan fingerprint density at radius 2 is 1.66 bits per heavy atom. The number of para-hydroxylation sites is 1. The lowest BCUT2D eigenvalue weighted by atomic mass is 10.0. The maximum atomic E-state index is 13.0. The summed E-state index contributed by atoms with van der Waals surface area (Å²) >= 11 is 6.18. The highest BCUT2D eigenvalue weighted by Gasteiger charge is 2.31. The third kappa shape index (κ3) is 4.41. The van der Waals surface area contributed by atoms with Crippen LogP contribution in [-0.4, -0.2) is 64.7 Å². The van der Waals surface area contributed by atoms with Gasteiger partial charge in [0.05, 0.1) is 21.8 Å². The van der Waals surface area contributed by atoms with Gasteiger partial charge < -0.3 is 4.90 Å². The lowest BCUT2D eigenvalue weighted by molar-refractivity contribution is 0.0692. The maximum Gasteiger partial charge on any atom is 0.276 e. The van der Waals surface area contributed by atoms with Gasteiger partial charge in [-0.05, 0) is 35.7 Å². The fourth-order valence-electron chi connectivity index (χ4n) is 3.58. The number of sulfonamides is 1. The van der Waals surface area contributed by atoms with E-state index in [4.69, 9.17) is 11.6 Å². The summed E-state index contributed by atoms with van der Waals surface area (Å²) in [6.45, 7) is 5.12. The number of rotatable bonds is 5. The zero-order valence-electron chi connectivity index (χ0n) is 17.8. The topological polar surface area (TPSA) is 88.4 Å². The van der Waals surface area contributed by atoms with Crippen molar-refractivity contribution in [2.75, 3.05) is 26.2 Å². The van der Waals surface area contributed by atoms with Gasteiger partial charge in [0.15, 0.2) is 5.69 Å². The Hall–Kier alpha value is -2.75. The third-order valence-electron chi connectivity index (χ3n) is 5.52. The standard InChI is InChI=1S/C22H24ClN5O3S/c1-16(2)17-7-9-18(10-8-17)32(30,31)27-13-11-26(12-14-27)22(29)20-15-28(25-24-20)21-6-4-3-5-19(21)23/h3-10,15-16H,11-14H2,1-2H3. The number of hydrogen-bond donors (Lipinski definition) is 0. The quantitative estimate of drug-likeness (QED) is 0.567. The minimum Gasteiger partial charge on any atom is -0.335 e. The van der Waals surface area contributed by atoms with Crippen LogP contribution in [0.15, 0.2) is 59.6 Å². The van der Waals surface area contributed by atoms with Crippen LogP contribution in [0.4, 0.5) is 0 Å². The van der Waals surface area contributed by atoms with E-state index in [-0.39, 0.29) is 42.7 Å². The Balaban J connectivity index is 1.42. The number of carbonyl (C=O) groups is 1. The highest BCUT2D eigenvalue weighted by Crippen LogP contribution is 2.22. The molecule has 2 aromatic carbocycles. The SMILES string of the molecule is CC(C)c1ccc(S(=O)(=O)N2CCN(C(=O)c3cn(-c4ccccc4Cl)nn3)CC2)cc1. The normalized spacial score (nSPS) is 15.3. The first-order chi connectivity index (χ1) is 15.3. The smallest absolute Gasteiger partial charge is 0.276 e. The van der Waals surface area contributed by atoms with Crippen LogP contribution in [0.3, 0.4) is 0 Å². The average molecular weight is 474 g/mol. The predicted molar refractivity (Wildman–Crippen MR) is 122 cm³/mol. The van der Waals surface area contributed by atoms with Gasteiger partial charge in [0.25, 0.3) is 5.91 Å². The lowest BCUT2D eigenvalue weighted by Crippen LogP contribution is -2.50. The van der Waals surface area contributed by atoms with Crippen LogP contribution >= 0.6 is 11.6 Å². The van der Waals surface area contributed by atoms with Crippen molar-refractivity contribution in [3.8, 4) is 5.69 Å². The fraction of sp³-hybridized carbons (Fsp3) is 0.318. The minimum atomic E-state index is -3.61. The molecule has 3 aromatic rings. The molecule has 32 heavy (non-hydrogen) atoms. The molecule has 1 aromatic heterocycles. The summed E-state index contributed by atoms with van der Waals surface area (Å²) < 4.78 is 28.9. The molecule has 0 spiro atoms. The lowest BCUT2D eigenvalue weighted by Gasteiger charge is -2.33. The molecule has 0 unspecified atom stereocenters. The van der Waals surface area contributed by atoms with Gasteiger partial charge in [-0.25, -0.2) is 13.1 Å². The molecule has 2 heterocycles. The number of carbonyl (C=O) groups excluding carboxylic acids is 1. The van der Waals surface area contributed by atoms with Gasteiger partial charge in [0.1, 0.15) is 0 Å². The molecular weight excluding hydrogens is 450 g/mol. The second-order valence-corrected chi connectivity index (χ2v) is 10.3. The van der Waals surface area contributed by atoms with Crippen LogP contribution in [0.25, 0.3) is 5.69 Å². The van der Waals surface area contributed by atoms with Gasteiger partial charge in [-0.15, -0.1) is 5.10 Å². The van der Waals surface area contributed by atoms with Crippen LogP contribution in [0, 0.1) is 0 Å². The number of aromatic nitrogens is 3. The van der Waals surface area contributed by atoms with E-state index in [0.29, 0.717) is 16.6 Å². The Labute approximate surface area is 192 Å². The molecule has 1 fully saturated rings. The number of nitrogens with zero attached hydrogens (tertiary/aromatic N) is 5. The van der Waals surface area contributed by atoms with E-state index in [2.05, 4.69) is 24.2 Å².